The molecule has 0 saturated heterocycles. The first-order valence-corrected chi connectivity index (χ1v) is 10.6. The summed E-state index contributed by atoms with van der Waals surface area (Å²) in [5.74, 6) is -1.58. The van der Waals surface area contributed by atoms with Gasteiger partial charge >= 0.3 is 6.18 Å². The molecule has 1 heterocycles. The maximum atomic E-state index is 14.1. The van der Waals surface area contributed by atoms with Crippen molar-refractivity contribution in [2.45, 2.75) is 26.1 Å². The summed E-state index contributed by atoms with van der Waals surface area (Å²) in [5.41, 5.74) is 0.567. The first-order valence-electron chi connectivity index (χ1n) is 9.67. The van der Waals surface area contributed by atoms with E-state index in [1.54, 1.807) is 18.2 Å². The largest absolute Gasteiger partial charge is 0.493 e. The van der Waals surface area contributed by atoms with Crippen LogP contribution in [0.5, 0.6) is 5.75 Å². The number of hydrogen-bond donors (Lipinski definition) is 1. The van der Waals surface area contributed by atoms with E-state index in [2.05, 4.69) is 5.32 Å². The molecule has 1 amide bonds. The number of nitrogens with one attached hydrogen (secondary N) is 1. The number of carbonyl (C=O) groups excluding carboxylic acids is 2. The van der Waals surface area contributed by atoms with Crippen LogP contribution in [0.25, 0.3) is 11.1 Å². The Kier molecular flexibility index (Phi) is 7.29. The minimum Gasteiger partial charge on any atom is -0.493 e. The molecule has 2 aromatic carbocycles. The zero-order valence-electron chi connectivity index (χ0n) is 17.0. The number of alkyl halides is 3. The third-order valence-electron chi connectivity index (χ3n) is 4.57. The van der Waals surface area contributed by atoms with Gasteiger partial charge in [-0.3, -0.25) is 9.59 Å². The zero-order valence-corrected chi connectivity index (χ0v) is 17.8. The van der Waals surface area contributed by atoms with Gasteiger partial charge in [0.1, 0.15) is 11.6 Å². The Balaban J connectivity index is 1.82. The van der Waals surface area contributed by atoms with Crippen molar-refractivity contribution < 1.29 is 31.9 Å². The standard InChI is InChI=1S/C23H19F4NO3S/c1-2-7-31-21-6-3-14(16-9-18(12-29)32-13-16)8-15(21)11-28-22(30)19-5-4-17(10-20(19)24)23(25,26)27/h3-6,8-10,12-13H,2,7,11H2,1H3,(H,28,30). The molecule has 4 nitrogen and oxygen atoms in total. The summed E-state index contributed by atoms with van der Waals surface area (Å²) in [7, 11) is 0. The van der Waals surface area contributed by atoms with Crippen molar-refractivity contribution in [3.8, 4) is 16.9 Å². The van der Waals surface area contributed by atoms with E-state index in [-0.39, 0.29) is 6.54 Å². The van der Waals surface area contributed by atoms with Crippen LogP contribution in [0, 0.1) is 5.82 Å². The molecular formula is C23H19F4NO3S. The van der Waals surface area contributed by atoms with Gasteiger partial charge in [0.05, 0.1) is 22.6 Å². The van der Waals surface area contributed by atoms with Gasteiger partial charge < -0.3 is 10.1 Å². The molecule has 0 fully saturated rings. The van der Waals surface area contributed by atoms with Gasteiger partial charge in [0.2, 0.25) is 0 Å². The van der Waals surface area contributed by atoms with E-state index in [4.69, 9.17) is 4.74 Å². The summed E-state index contributed by atoms with van der Waals surface area (Å²) in [6.07, 6.45) is -3.18. The summed E-state index contributed by atoms with van der Waals surface area (Å²) < 4.78 is 58.0. The first kappa shape index (κ1) is 23.5. The van der Waals surface area contributed by atoms with Crippen molar-refractivity contribution in [3.63, 3.8) is 0 Å². The van der Waals surface area contributed by atoms with Crippen LogP contribution < -0.4 is 10.1 Å². The van der Waals surface area contributed by atoms with Crippen LogP contribution in [0.4, 0.5) is 17.6 Å². The predicted molar refractivity (Wildman–Crippen MR) is 114 cm³/mol. The molecule has 3 aromatic rings. The van der Waals surface area contributed by atoms with Crippen LogP contribution in [-0.2, 0) is 12.7 Å². The van der Waals surface area contributed by atoms with Gasteiger partial charge in [-0.25, -0.2) is 4.39 Å². The highest BCUT2D eigenvalue weighted by Gasteiger charge is 2.31. The van der Waals surface area contributed by atoms with Gasteiger partial charge in [0.25, 0.3) is 5.91 Å². The highest BCUT2D eigenvalue weighted by Crippen LogP contribution is 2.31. The fourth-order valence-corrected chi connectivity index (χ4v) is 3.68. The predicted octanol–water partition coefficient (Wildman–Crippen LogP) is 6.10. The third-order valence-corrected chi connectivity index (χ3v) is 5.43. The Morgan fingerprint density at radius 2 is 1.91 bits per heavy atom. The van der Waals surface area contributed by atoms with E-state index < -0.39 is 29.0 Å². The van der Waals surface area contributed by atoms with Crippen molar-refractivity contribution >= 4 is 23.5 Å². The van der Waals surface area contributed by atoms with Gasteiger partial charge in [0.15, 0.2) is 6.29 Å². The molecule has 1 N–H and O–H groups in total. The van der Waals surface area contributed by atoms with Crippen molar-refractivity contribution in [2.75, 3.05) is 6.61 Å². The van der Waals surface area contributed by atoms with Crippen LogP contribution in [0.1, 0.15) is 44.5 Å². The number of carbonyl (C=O) groups is 2. The second kappa shape index (κ2) is 9.95. The molecule has 0 saturated carbocycles. The first-order chi connectivity index (χ1) is 15.2. The Morgan fingerprint density at radius 1 is 1.12 bits per heavy atom. The molecule has 0 spiro atoms. The molecule has 0 atom stereocenters. The van der Waals surface area contributed by atoms with Crippen molar-refractivity contribution in [2.24, 2.45) is 0 Å². The van der Waals surface area contributed by atoms with Crippen LogP contribution in [-0.4, -0.2) is 18.8 Å². The van der Waals surface area contributed by atoms with Gasteiger partial charge in [-0.05, 0) is 59.3 Å². The molecule has 0 unspecified atom stereocenters. The molecule has 0 aliphatic carbocycles. The van der Waals surface area contributed by atoms with Crippen LogP contribution >= 0.6 is 11.3 Å². The average Bonchev–Trinajstić information content (AvgIpc) is 3.25. The zero-order chi connectivity index (χ0) is 23.3. The van der Waals surface area contributed by atoms with E-state index in [0.717, 1.165) is 29.9 Å². The van der Waals surface area contributed by atoms with E-state index in [1.165, 1.54) is 11.3 Å². The number of benzene rings is 2. The van der Waals surface area contributed by atoms with E-state index in [0.29, 0.717) is 34.9 Å². The Morgan fingerprint density at radius 3 is 2.53 bits per heavy atom. The fourth-order valence-electron chi connectivity index (χ4n) is 2.96. The quantitative estimate of drug-likeness (QED) is 0.323. The smallest absolute Gasteiger partial charge is 0.416 e. The van der Waals surface area contributed by atoms with E-state index >= 15 is 0 Å². The van der Waals surface area contributed by atoms with Crippen LogP contribution in [0.3, 0.4) is 0 Å². The van der Waals surface area contributed by atoms with Gasteiger partial charge in [0, 0.05) is 12.1 Å². The summed E-state index contributed by atoms with van der Waals surface area (Å²) in [6.45, 7) is 2.36. The summed E-state index contributed by atoms with van der Waals surface area (Å²) in [6, 6.07) is 8.85. The Hall–Kier alpha value is -3.20. The normalized spacial score (nSPS) is 11.3. The lowest BCUT2D eigenvalue weighted by molar-refractivity contribution is -0.137. The number of hydrogen-bond acceptors (Lipinski definition) is 4. The Bertz CT molecular complexity index is 1120. The topological polar surface area (TPSA) is 55.4 Å². The monoisotopic (exact) mass is 465 g/mol. The SMILES string of the molecule is CCCOc1ccc(-c2csc(C=O)c2)cc1CNC(=O)c1ccc(C(F)(F)F)cc1F. The highest BCUT2D eigenvalue weighted by molar-refractivity contribution is 7.12. The molecule has 32 heavy (non-hydrogen) atoms. The van der Waals surface area contributed by atoms with Gasteiger partial charge in [-0.2, -0.15) is 13.2 Å². The van der Waals surface area contributed by atoms with Crippen LogP contribution in [0.2, 0.25) is 0 Å². The number of ether oxygens (including phenoxy) is 1. The molecule has 0 radical (unpaired) electrons. The highest BCUT2D eigenvalue weighted by atomic mass is 32.1. The third kappa shape index (κ3) is 5.53. The molecule has 0 aliphatic heterocycles. The summed E-state index contributed by atoms with van der Waals surface area (Å²) in [4.78, 5) is 23.9. The van der Waals surface area contributed by atoms with Gasteiger partial charge in [-0.1, -0.05) is 13.0 Å². The second-order valence-electron chi connectivity index (χ2n) is 6.90. The average molecular weight is 465 g/mol. The molecule has 168 valence electrons. The molecule has 9 heteroatoms. The van der Waals surface area contributed by atoms with Crippen molar-refractivity contribution in [1.29, 1.82) is 0 Å². The lowest BCUT2D eigenvalue weighted by Crippen LogP contribution is -2.24. The molecular weight excluding hydrogens is 446 g/mol. The minimum atomic E-state index is -4.70. The molecule has 1 aromatic heterocycles. The maximum Gasteiger partial charge on any atom is 0.416 e. The number of thiophene rings is 1. The van der Waals surface area contributed by atoms with E-state index in [1.807, 2.05) is 18.4 Å². The number of rotatable bonds is 8. The van der Waals surface area contributed by atoms with Crippen LogP contribution in [0.15, 0.2) is 47.8 Å². The fraction of sp³-hybridized carbons (Fsp3) is 0.217. The summed E-state index contributed by atoms with van der Waals surface area (Å²) in [5, 5.41) is 4.36. The van der Waals surface area contributed by atoms with E-state index in [9.17, 15) is 27.2 Å². The second-order valence-corrected chi connectivity index (χ2v) is 7.84. The Labute approximate surface area is 185 Å². The van der Waals surface area contributed by atoms with Crippen molar-refractivity contribution in [3.05, 3.63) is 75.2 Å². The summed E-state index contributed by atoms with van der Waals surface area (Å²) >= 11 is 1.30. The molecule has 0 aliphatic rings. The molecule has 3 rings (SSSR count). The number of amides is 1. The van der Waals surface area contributed by atoms with Crippen molar-refractivity contribution in [1.82, 2.24) is 5.32 Å². The number of aldehydes is 1. The molecule has 0 bridgehead atoms. The lowest BCUT2D eigenvalue weighted by Gasteiger charge is -2.14. The maximum absolute atomic E-state index is 14.1. The minimum absolute atomic E-state index is 0.0309. The number of halogens is 4. The lowest BCUT2D eigenvalue weighted by atomic mass is 10.0. The van der Waals surface area contributed by atoms with Gasteiger partial charge in [-0.15, -0.1) is 11.3 Å².